The maximum absolute atomic E-state index is 12.5. The monoisotopic (exact) mass is 174 g/mol. The number of hydrogen-bond acceptors (Lipinski definition) is 2. The third-order valence-electron chi connectivity index (χ3n) is 1.96. The minimum absolute atomic E-state index is 0.0488. The van der Waals surface area contributed by atoms with Crippen molar-refractivity contribution < 1.29 is 8.78 Å². The third-order valence-corrected chi connectivity index (χ3v) is 1.96. The summed E-state index contributed by atoms with van der Waals surface area (Å²) in [5.74, 6) is -2.68. The topological polar surface area (TPSA) is 27.0 Å². The molecule has 4 heteroatoms. The van der Waals surface area contributed by atoms with Gasteiger partial charge in [0, 0.05) is 13.5 Å². The SMILES string of the molecule is CC(F)(F)CN1CCC(C#N)C1. The molecule has 1 aliphatic rings. The van der Waals surface area contributed by atoms with Gasteiger partial charge in [0.25, 0.3) is 5.92 Å². The summed E-state index contributed by atoms with van der Waals surface area (Å²) in [4.78, 5) is 1.65. The summed E-state index contributed by atoms with van der Waals surface area (Å²) in [7, 11) is 0. The van der Waals surface area contributed by atoms with Gasteiger partial charge < -0.3 is 0 Å². The zero-order valence-electron chi connectivity index (χ0n) is 7.06. The first-order chi connectivity index (χ1) is 5.51. The van der Waals surface area contributed by atoms with Gasteiger partial charge in [0.1, 0.15) is 0 Å². The second-order valence-corrected chi connectivity index (χ2v) is 3.42. The van der Waals surface area contributed by atoms with Crippen molar-refractivity contribution in [2.45, 2.75) is 19.3 Å². The van der Waals surface area contributed by atoms with Crippen LogP contribution in [0.5, 0.6) is 0 Å². The molecule has 12 heavy (non-hydrogen) atoms. The Hall–Kier alpha value is -0.690. The lowest BCUT2D eigenvalue weighted by Crippen LogP contribution is -2.33. The van der Waals surface area contributed by atoms with Gasteiger partial charge in [-0.15, -0.1) is 0 Å². The molecule has 0 spiro atoms. The number of alkyl halides is 2. The molecule has 1 heterocycles. The Bertz CT molecular complexity index is 192. The molecule has 0 aromatic heterocycles. The smallest absolute Gasteiger partial charge is 0.257 e. The molecule has 0 N–H and O–H groups in total. The number of halogens is 2. The highest BCUT2D eigenvalue weighted by molar-refractivity contribution is 4.91. The summed E-state index contributed by atoms with van der Waals surface area (Å²) in [5, 5.41) is 8.52. The zero-order chi connectivity index (χ0) is 9.19. The summed E-state index contributed by atoms with van der Waals surface area (Å²) in [6, 6.07) is 2.09. The van der Waals surface area contributed by atoms with Gasteiger partial charge in [-0.05, 0) is 13.0 Å². The lowest BCUT2D eigenvalue weighted by atomic mass is 10.1. The summed E-state index contributed by atoms with van der Waals surface area (Å²) in [5.41, 5.74) is 0. The number of nitrogens with zero attached hydrogens (tertiary/aromatic N) is 2. The van der Waals surface area contributed by atoms with Crippen molar-refractivity contribution >= 4 is 0 Å². The molecule has 1 unspecified atom stereocenters. The van der Waals surface area contributed by atoms with E-state index in [1.54, 1.807) is 4.90 Å². The van der Waals surface area contributed by atoms with Crippen molar-refractivity contribution in [3.8, 4) is 6.07 Å². The molecule has 1 atom stereocenters. The van der Waals surface area contributed by atoms with Crippen LogP contribution in [0.4, 0.5) is 8.78 Å². The molecule has 1 saturated heterocycles. The normalized spacial score (nSPS) is 25.7. The van der Waals surface area contributed by atoms with Crippen molar-refractivity contribution in [3.05, 3.63) is 0 Å². The van der Waals surface area contributed by atoms with Crippen LogP contribution in [0.25, 0.3) is 0 Å². The molecule has 2 nitrogen and oxygen atoms in total. The van der Waals surface area contributed by atoms with Gasteiger partial charge in [0.15, 0.2) is 0 Å². The Balaban J connectivity index is 2.34. The van der Waals surface area contributed by atoms with Crippen LogP contribution in [-0.2, 0) is 0 Å². The first kappa shape index (κ1) is 9.40. The minimum Gasteiger partial charge on any atom is -0.296 e. The fourth-order valence-corrected chi connectivity index (χ4v) is 1.47. The van der Waals surface area contributed by atoms with Crippen molar-refractivity contribution in [2.24, 2.45) is 5.92 Å². The summed E-state index contributed by atoms with van der Waals surface area (Å²) in [6.45, 7) is 1.82. The number of nitriles is 1. The van der Waals surface area contributed by atoms with Crippen LogP contribution >= 0.6 is 0 Å². The van der Waals surface area contributed by atoms with Gasteiger partial charge in [-0.2, -0.15) is 5.26 Å². The zero-order valence-corrected chi connectivity index (χ0v) is 7.06. The summed E-state index contributed by atoms with van der Waals surface area (Å²) >= 11 is 0. The highest BCUT2D eigenvalue weighted by Crippen LogP contribution is 2.20. The number of likely N-dealkylation sites (tertiary alicyclic amines) is 1. The minimum atomic E-state index is -2.63. The molecule has 0 amide bonds. The van der Waals surface area contributed by atoms with Gasteiger partial charge in [-0.1, -0.05) is 0 Å². The highest BCUT2D eigenvalue weighted by atomic mass is 19.3. The molecular formula is C8H12F2N2. The Morgan fingerprint density at radius 3 is 2.75 bits per heavy atom. The Morgan fingerprint density at radius 1 is 1.67 bits per heavy atom. The average molecular weight is 174 g/mol. The van der Waals surface area contributed by atoms with E-state index in [1.807, 2.05) is 0 Å². The number of hydrogen-bond donors (Lipinski definition) is 0. The maximum Gasteiger partial charge on any atom is 0.257 e. The Labute approximate surface area is 70.8 Å². The van der Waals surface area contributed by atoms with Crippen LogP contribution < -0.4 is 0 Å². The van der Waals surface area contributed by atoms with Gasteiger partial charge in [0.05, 0.1) is 18.5 Å². The summed E-state index contributed by atoms with van der Waals surface area (Å²) in [6.07, 6.45) is 0.729. The van der Waals surface area contributed by atoms with E-state index in [-0.39, 0.29) is 12.5 Å². The second-order valence-electron chi connectivity index (χ2n) is 3.42. The van der Waals surface area contributed by atoms with Crippen LogP contribution in [0.15, 0.2) is 0 Å². The maximum atomic E-state index is 12.5. The van der Waals surface area contributed by atoms with Crippen molar-refractivity contribution in [1.82, 2.24) is 4.90 Å². The Morgan fingerprint density at radius 2 is 2.33 bits per heavy atom. The van der Waals surface area contributed by atoms with E-state index in [4.69, 9.17) is 5.26 Å². The van der Waals surface area contributed by atoms with Gasteiger partial charge >= 0.3 is 0 Å². The molecule has 1 rings (SSSR count). The molecule has 0 aromatic carbocycles. The molecule has 0 bridgehead atoms. The first-order valence-corrected chi connectivity index (χ1v) is 4.01. The number of rotatable bonds is 2. The van der Waals surface area contributed by atoms with E-state index in [0.717, 1.165) is 13.3 Å². The molecule has 0 saturated carbocycles. The van der Waals surface area contributed by atoms with Gasteiger partial charge in [-0.25, -0.2) is 8.78 Å². The van der Waals surface area contributed by atoms with E-state index >= 15 is 0 Å². The molecular weight excluding hydrogens is 162 g/mol. The average Bonchev–Trinajstić information content (AvgIpc) is 2.32. The fourth-order valence-electron chi connectivity index (χ4n) is 1.47. The van der Waals surface area contributed by atoms with Gasteiger partial charge in [-0.3, -0.25) is 4.90 Å². The van der Waals surface area contributed by atoms with Crippen molar-refractivity contribution in [1.29, 1.82) is 5.26 Å². The standard InChI is InChI=1S/C8H12F2N2/c1-8(9,10)6-12-3-2-7(4-11)5-12/h7H,2-3,5-6H2,1H3. The fraction of sp³-hybridized carbons (Fsp3) is 0.875. The molecule has 68 valence electrons. The predicted molar refractivity (Wildman–Crippen MR) is 40.8 cm³/mol. The third kappa shape index (κ3) is 2.74. The van der Waals surface area contributed by atoms with Crippen molar-refractivity contribution in [2.75, 3.05) is 19.6 Å². The van der Waals surface area contributed by atoms with E-state index in [0.29, 0.717) is 13.1 Å². The summed E-state index contributed by atoms with van der Waals surface area (Å²) < 4.78 is 25.0. The van der Waals surface area contributed by atoms with Gasteiger partial charge in [0.2, 0.25) is 0 Å². The lowest BCUT2D eigenvalue weighted by Gasteiger charge is -2.19. The van der Waals surface area contributed by atoms with Crippen LogP contribution in [-0.4, -0.2) is 30.5 Å². The molecule has 0 aromatic rings. The van der Waals surface area contributed by atoms with Crippen LogP contribution in [0.1, 0.15) is 13.3 Å². The molecule has 1 aliphatic heterocycles. The first-order valence-electron chi connectivity index (χ1n) is 4.01. The lowest BCUT2D eigenvalue weighted by molar-refractivity contribution is -0.00899. The molecule has 0 radical (unpaired) electrons. The van der Waals surface area contributed by atoms with E-state index in [9.17, 15) is 8.78 Å². The van der Waals surface area contributed by atoms with E-state index < -0.39 is 5.92 Å². The van der Waals surface area contributed by atoms with E-state index in [1.165, 1.54) is 0 Å². The van der Waals surface area contributed by atoms with Crippen molar-refractivity contribution in [3.63, 3.8) is 0 Å². The van der Waals surface area contributed by atoms with Crippen LogP contribution in [0.3, 0.4) is 0 Å². The Kier molecular flexibility index (Phi) is 2.63. The molecule has 0 aliphatic carbocycles. The predicted octanol–water partition coefficient (Wildman–Crippen LogP) is 1.49. The van der Waals surface area contributed by atoms with Crippen LogP contribution in [0, 0.1) is 17.2 Å². The highest BCUT2D eigenvalue weighted by Gasteiger charge is 2.30. The van der Waals surface area contributed by atoms with E-state index in [2.05, 4.69) is 6.07 Å². The largest absolute Gasteiger partial charge is 0.296 e. The quantitative estimate of drug-likeness (QED) is 0.634. The molecule has 1 fully saturated rings. The van der Waals surface area contributed by atoms with Crippen LogP contribution in [0.2, 0.25) is 0 Å². The second kappa shape index (κ2) is 3.36.